The Bertz CT molecular complexity index is 434. The highest BCUT2D eigenvalue weighted by atomic mass is 19.1. The lowest BCUT2D eigenvalue weighted by Gasteiger charge is -2.15. The average Bonchev–Trinajstić information content (AvgIpc) is 2.32. The molecule has 0 unspecified atom stereocenters. The molecule has 1 amide bonds. The first-order valence-corrected chi connectivity index (χ1v) is 5.91. The maximum atomic E-state index is 12.7. The monoisotopic (exact) mass is 268 g/mol. The van der Waals surface area contributed by atoms with E-state index in [0.717, 1.165) is 0 Å². The minimum absolute atomic E-state index is 0.0463. The van der Waals surface area contributed by atoms with Gasteiger partial charge in [0.15, 0.2) is 0 Å². The van der Waals surface area contributed by atoms with Gasteiger partial charge in [0.2, 0.25) is 5.91 Å². The zero-order chi connectivity index (χ0) is 14.3. The zero-order valence-electron chi connectivity index (χ0n) is 11.0. The van der Waals surface area contributed by atoms with Crippen molar-refractivity contribution < 1.29 is 18.7 Å². The number of likely N-dealkylation sites (N-methyl/N-ethyl adjacent to an activating group) is 1. The molecule has 0 heterocycles. The third-order valence-corrected chi connectivity index (χ3v) is 2.25. The van der Waals surface area contributed by atoms with Crippen molar-refractivity contribution in [3.63, 3.8) is 0 Å². The van der Waals surface area contributed by atoms with Crippen LogP contribution in [0.2, 0.25) is 0 Å². The van der Waals surface area contributed by atoms with Gasteiger partial charge in [-0.15, -0.1) is 0 Å². The summed E-state index contributed by atoms with van der Waals surface area (Å²) in [6, 6.07) is 5.47. The Balaban J connectivity index is 2.38. The summed E-state index contributed by atoms with van der Waals surface area (Å²) in [7, 11) is 1.64. The van der Waals surface area contributed by atoms with E-state index in [2.05, 4.69) is 5.32 Å². The number of carbonyl (C=O) groups is 2. The summed E-state index contributed by atoms with van der Waals surface area (Å²) in [5.74, 6) is -1.02. The summed E-state index contributed by atoms with van der Waals surface area (Å²) < 4.78 is 17.4. The van der Waals surface area contributed by atoms with E-state index < -0.39 is 0 Å². The fourth-order valence-corrected chi connectivity index (χ4v) is 1.46. The van der Waals surface area contributed by atoms with Gasteiger partial charge in [-0.25, -0.2) is 4.39 Å². The lowest BCUT2D eigenvalue weighted by atomic mass is 10.3. The Hall–Kier alpha value is -1.95. The Labute approximate surface area is 111 Å². The van der Waals surface area contributed by atoms with Gasteiger partial charge in [-0.3, -0.25) is 14.5 Å². The molecule has 0 bridgehead atoms. The number of halogens is 1. The van der Waals surface area contributed by atoms with E-state index in [1.165, 1.54) is 29.2 Å². The van der Waals surface area contributed by atoms with E-state index in [0.29, 0.717) is 12.3 Å². The van der Waals surface area contributed by atoms with Gasteiger partial charge < -0.3 is 10.1 Å². The normalized spacial score (nSPS) is 10.3. The number of benzene rings is 1. The smallest absolute Gasteiger partial charge is 0.320 e. The van der Waals surface area contributed by atoms with Gasteiger partial charge in [0.1, 0.15) is 5.82 Å². The second-order valence-electron chi connectivity index (χ2n) is 4.03. The highest BCUT2D eigenvalue weighted by molar-refractivity contribution is 5.92. The van der Waals surface area contributed by atoms with Gasteiger partial charge in [-0.2, -0.15) is 0 Å². The molecular weight excluding hydrogens is 251 g/mol. The number of hydrogen-bond donors (Lipinski definition) is 1. The molecule has 0 saturated carbocycles. The Kier molecular flexibility index (Phi) is 5.95. The van der Waals surface area contributed by atoms with Crippen LogP contribution < -0.4 is 5.32 Å². The van der Waals surface area contributed by atoms with E-state index in [9.17, 15) is 14.0 Å². The second kappa shape index (κ2) is 7.48. The van der Waals surface area contributed by atoms with Gasteiger partial charge in [-0.1, -0.05) is 0 Å². The molecule has 0 atom stereocenters. The van der Waals surface area contributed by atoms with Crippen molar-refractivity contribution in [3.05, 3.63) is 30.1 Å². The number of nitrogens with one attached hydrogen (secondary N) is 1. The van der Waals surface area contributed by atoms with Crippen molar-refractivity contribution in [3.8, 4) is 0 Å². The highest BCUT2D eigenvalue weighted by Crippen LogP contribution is 2.07. The number of hydrogen-bond acceptors (Lipinski definition) is 4. The Morgan fingerprint density at radius 3 is 2.47 bits per heavy atom. The molecule has 1 aromatic carbocycles. The van der Waals surface area contributed by atoms with Crippen LogP contribution in [0.3, 0.4) is 0 Å². The van der Waals surface area contributed by atoms with Crippen LogP contribution in [0.25, 0.3) is 0 Å². The molecule has 0 fully saturated rings. The molecule has 0 radical (unpaired) electrons. The van der Waals surface area contributed by atoms with Crippen molar-refractivity contribution in [1.29, 1.82) is 0 Å². The van der Waals surface area contributed by atoms with Crippen LogP contribution >= 0.6 is 0 Å². The van der Waals surface area contributed by atoms with E-state index in [4.69, 9.17) is 4.74 Å². The number of amides is 1. The lowest BCUT2D eigenvalue weighted by molar-refractivity contribution is -0.144. The van der Waals surface area contributed by atoms with Gasteiger partial charge >= 0.3 is 5.97 Å². The van der Waals surface area contributed by atoms with Gasteiger partial charge in [-0.05, 0) is 38.2 Å². The summed E-state index contributed by atoms with van der Waals surface area (Å²) in [4.78, 5) is 24.4. The van der Waals surface area contributed by atoms with Crippen molar-refractivity contribution in [2.75, 3.05) is 32.1 Å². The molecule has 6 heteroatoms. The first kappa shape index (κ1) is 15.1. The Morgan fingerprint density at radius 1 is 1.26 bits per heavy atom. The second-order valence-corrected chi connectivity index (χ2v) is 4.03. The van der Waals surface area contributed by atoms with Crippen molar-refractivity contribution in [2.24, 2.45) is 0 Å². The lowest BCUT2D eigenvalue weighted by Crippen LogP contribution is -2.34. The van der Waals surface area contributed by atoms with Crippen LogP contribution in [0.15, 0.2) is 24.3 Å². The zero-order valence-corrected chi connectivity index (χ0v) is 11.0. The number of anilines is 1. The predicted octanol–water partition coefficient (Wildman–Crippen LogP) is 1.26. The number of nitrogens with zero attached hydrogens (tertiary/aromatic N) is 1. The van der Waals surface area contributed by atoms with Gasteiger partial charge in [0.05, 0.1) is 19.7 Å². The van der Waals surface area contributed by atoms with Crippen LogP contribution in [0.1, 0.15) is 6.92 Å². The van der Waals surface area contributed by atoms with Gasteiger partial charge in [0.25, 0.3) is 0 Å². The summed E-state index contributed by atoms with van der Waals surface area (Å²) >= 11 is 0. The van der Waals surface area contributed by atoms with Crippen LogP contribution in [-0.2, 0) is 14.3 Å². The number of carbonyl (C=O) groups excluding carboxylic acids is 2. The summed E-state index contributed by atoms with van der Waals surface area (Å²) in [6.07, 6.45) is 0. The van der Waals surface area contributed by atoms with Crippen molar-refractivity contribution in [2.45, 2.75) is 6.92 Å². The fourth-order valence-electron chi connectivity index (χ4n) is 1.46. The summed E-state index contributed by atoms with van der Waals surface area (Å²) in [5, 5.41) is 2.61. The molecular formula is C13H17FN2O3. The van der Waals surface area contributed by atoms with Crippen molar-refractivity contribution in [1.82, 2.24) is 4.90 Å². The molecule has 1 aromatic rings. The minimum atomic E-state index is -0.375. The van der Waals surface area contributed by atoms with E-state index in [1.807, 2.05) is 0 Å². The van der Waals surface area contributed by atoms with E-state index in [-0.39, 0.29) is 30.8 Å². The molecule has 0 aromatic heterocycles. The highest BCUT2D eigenvalue weighted by Gasteiger charge is 2.11. The van der Waals surface area contributed by atoms with Crippen LogP contribution in [0.4, 0.5) is 10.1 Å². The third-order valence-electron chi connectivity index (χ3n) is 2.25. The quantitative estimate of drug-likeness (QED) is 0.789. The molecule has 0 aliphatic carbocycles. The van der Waals surface area contributed by atoms with E-state index >= 15 is 0 Å². The molecule has 19 heavy (non-hydrogen) atoms. The molecule has 0 aliphatic rings. The molecule has 1 N–H and O–H groups in total. The SMILES string of the molecule is CCOC(=O)CN(C)CC(=O)Nc1ccc(F)cc1. The summed E-state index contributed by atoms with van der Waals surface area (Å²) in [6.45, 7) is 2.13. The molecule has 5 nitrogen and oxygen atoms in total. The van der Waals surface area contributed by atoms with Crippen LogP contribution in [0.5, 0.6) is 0 Å². The standard InChI is InChI=1S/C13H17FN2O3/c1-3-19-13(18)9-16(2)8-12(17)15-11-6-4-10(14)5-7-11/h4-7H,3,8-9H2,1-2H3,(H,15,17). The molecule has 104 valence electrons. The molecule has 0 aliphatic heterocycles. The number of esters is 1. The average molecular weight is 268 g/mol. The van der Waals surface area contributed by atoms with Crippen LogP contribution in [-0.4, -0.2) is 43.5 Å². The topological polar surface area (TPSA) is 58.6 Å². The maximum absolute atomic E-state index is 12.7. The van der Waals surface area contributed by atoms with E-state index in [1.54, 1.807) is 14.0 Å². The van der Waals surface area contributed by atoms with Crippen LogP contribution in [0, 0.1) is 5.82 Å². The largest absolute Gasteiger partial charge is 0.465 e. The van der Waals surface area contributed by atoms with Gasteiger partial charge in [0, 0.05) is 5.69 Å². The number of rotatable bonds is 6. The first-order chi connectivity index (χ1) is 9.01. The molecule has 0 saturated heterocycles. The maximum Gasteiger partial charge on any atom is 0.320 e. The predicted molar refractivity (Wildman–Crippen MR) is 69.2 cm³/mol. The fraction of sp³-hybridized carbons (Fsp3) is 0.385. The Morgan fingerprint density at radius 2 is 1.89 bits per heavy atom. The van der Waals surface area contributed by atoms with Crippen molar-refractivity contribution >= 4 is 17.6 Å². The number of ether oxygens (including phenoxy) is 1. The third kappa shape index (κ3) is 5.96. The minimum Gasteiger partial charge on any atom is -0.465 e. The molecule has 1 rings (SSSR count). The first-order valence-electron chi connectivity index (χ1n) is 5.91. The molecule has 0 spiro atoms. The summed E-state index contributed by atoms with van der Waals surface area (Å²) in [5.41, 5.74) is 0.510.